The maximum absolute atomic E-state index is 13.5. The SMILES string of the molecule is COC(=O)c1cc(NC(=O)CNC(=O)c2ccco2)ccc1F. The number of nitrogens with one attached hydrogen (secondary N) is 2. The highest BCUT2D eigenvalue weighted by molar-refractivity contribution is 5.99. The molecule has 0 aliphatic rings. The van der Waals surface area contributed by atoms with Gasteiger partial charge in [-0.25, -0.2) is 9.18 Å². The molecule has 0 fully saturated rings. The number of ether oxygens (including phenoxy) is 1. The maximum atomic E-state index is 13.5. The summed E-state index contributed by atoms with van der Waals surface area (Å²) in [6.45, 7) is -0.315. The van der Waals surface area contributed by atoms with Crippen molar-refractivity contribution in [3.63, 3.8) is 0 Å². The minimum Gasteiger partial charge on any atom is -0.465 e. The Morgan fingerprint density at radius 2 is 2.04 bits per heavy atom. The van der Waals surface area contributed by atoms with E-state index in [4.69, 9.17) is 4.42 Å². The lowest BCUT2D eigenvalue weighted by Crippen LogP contribution is -2.32. The maximum Gasteiger partial charge on any atom is 0.340 e. The molecule has 1 aromatic carbocycles. The van der Waals surface area contributed by atoms with Gasteiger partial charge in [-0.05, 0) is 30.3 Å². The van der Waals surface area contributed by atoms with Gasteiger partial charge in [-0.1, -0.05) is 0 Å². The van der Waals surface area contributed by atoms with E-state index in [9.17, 15) is 18.8 Å². The van der Waals surface area contributed by atoms with Gasteiger partial charge in [0.15, 0.2) is 5.76 Å². The van der Waals surface area contributed by atoms with Crippen molar-refractivity contribution in [2.24, 2.45) is 0 Å². The van der Waals surface area contributed by atoms with Crippen LogP contribution in [0.1, 0.15) is 20.9 Å². The number of rotatable bonds is 5. The molecule has 0 spiro atoms. The first-order valence-electron chi connectivity index (χ1n) is 6.50. The molecule has 0 aliphatic carbocycles. The van der Waals surface area contributed by atoms with Gasteiger partial charge in [-0.15, -0.1) is 0 Å². The summed E-state index contributed by atoms with van der Waals surface area (Å²) in [7, 11) is 1.12. The van der Waals surface area contributed by atoms with Gasteiger partial charge in [-0.3, -0.25) is 9.59 Å². The topological polar surface area (TPSA) is 97.6 Å². The molecule has 0 saturated carbocycles. The molecule has 0 saturated heterocycles. The fraction of sp³-hybridized carbons (Fsp3) is 0.133. The first-order valence-corrected chi connectivity index (χ1v) is 6.50. The van der Waals surface area contributed by atoms with Crippen LogP contribution in [-0.2, 0) is 9.53 Å². The van der Waals surface area contributed by atoms with Crippen LogP contribution in [0.15, 0.2) is 41.0 Å². The number of carbonyl (C=O) groups excluding carboxylic acids is 3. The average molecular weight is 320 g/mol. The number of anilines is 1. The predicted molar refractivity (Wildman–Crippen MR) is 77.4 cm³/mol. The summed E-state index contributed by atoms with van der Waals surface area (Å²) in [6, 6.07) is 6.46. The van der Waals surface area contributed by atoms with Crippen LogP contribution < -0.4 is 10.6 Å². The number of benzene rings is 1. The number of halogens is 1. The third kappa shape index (κ3) is 4.16. The second-order valence-corrected chi connectivity index (χ2v) is 4.39. The number of carbonyl (C=O) groups is 3. The first-order chi connectivity index (χ1) is 11.0. The molecule has 2 aromatic rings. The van der Waals surface area contributed by atoms with Gasteiger partial charge in [0.25, 0.3) is 5.91 Å². The van der Waals surface area contributed by atoms with Crippen LogP contribution in [0, 0.1) is 5.82 Å². The van der Waals surface area contributed by atoms with Crippen molar-refractivity contribution in [2.45, 2.75) is 0 Å². The highest BCUT2D eigenvalue weighted by Crippen LogP contribution is 2.15. The Hall–Kier alpha value is -3.16. The largest absolute Gasteiger partial charge is 0.465 e. The molecule has 2 amide bonds. The zero-order valence-corrected chi connectivity index (χ0v) is 12.1. The van der Waals surface area contributed by atoms with Crippen LogP contribution in [0.2, 0.25) is 0 Å². The molecule has 7 nitrogen and oxygen atoms in total. The molecule has 0 unspecified atom stereocenters. The molecule has 0 bridgehead atoms. The summed E-state index contributed by atoms with van der Waals surface area (Å²) in [6.07, 6.45) is 1.34. The van der Waals surface area contributed by atoms with Crippen molar-refractivity contribution in [3.05, 3.63) is 53.7 Å². The molecule has 8 heteroatoms. The molecule has 0 atom stereocenters. The van der Waals surface area contributed by atoms with E-state index in [1.165, 1.54) is 18.4 Å². The average Bonchev–Trinajstić information content (AvgIpc) is 3.08. The number of methoxy groups -OCH3 is 1. The number of amides is 2. The summed E-state index contributed by atoms with van der Waals surface area (Å²) in [5, 5.41) is 4.79. The Kier molecular flexibility index (Phi) is 5.08. The van der Waals surface area contributed by atoms with E-state index in [1.54, 1.807) is 6.07 Å². The van der Waals surface area contributed by atoms with E-state index in [-0.39, 0.29) is 23.6 Å². The Morgan fingerprint density at radius 1 is 1.26 bits per heavy atom. The molecule has 2 rings (SSSR count). The summed E-state index contributed by atoms with van der Waals surface area (Å²) in [4.78, 5) is 34.7. The van der Waals surface area contributed by atoms with Crippen LogP contribution in [0.3, 0.4) is 0 Å². The van der Waals surface area contributed by atoms with E-state index in [2.05, 4.69) is 15.4 Å². The summed E-state index contributed by atoms with van der Waals surface area (Å²) in [5.74, 6) is -2.63. The van der Waals surface area contributed by atoms with Crippen molar-refractivity contribution >= 4 is 23.5 Å². The monoisotopic (exact) mass is 320 g/mol. The third-order valence-corrected chi connectivity index (χ3v) is 2.81. The molecular weight excluding hydrogens is 307 g/mol. The van der Waals surface area contributed by atoms with E-state index in [1.807, 2.05) is 0 Å². The van der Waals surface area contributed by atoms with E-state index in [0.717, 1.165) is 19.2 Å². The van der Waals surface area contributed by atoms with Gasteiger partial charge in [-0.2, -0.15) is 0 Å². The van der Waals surface area contributed by atoms with Crippen molar-refractivity contribution < 1.29 is 27.9 Å². The minimum absolute atomic E-state index is 0.0764. The molecule has 2 N–H and O–H groups in total. The van der Waals surface area contributed by atoms with Gasteiger partial charge in [0.05, 0.1) is 25.5 Å². The molecule has 1 aromatic heterocycles. The minimum atomic E-state index is -0.857. The van der Waals surface area contributed by atoms with Crippen molar-refractivity contribution in [2.75, 3.05) is 19.0 Å². The zero-order valence-electron chi connectivity index (χ0n) is 12.1. The molecular formula is C15H13FN2O5. The standard InChI is InChI=1S/C15H13FN2O5/c1-22-15(21)10-7-9(4-5-11(10)16)18-13(19)8-17-14(20)12-3-2-6-23-12/h2-7H,8H2,1H3,(H,17,20)(H,18,19). The summed E-state index contributed by atoms with van der Waals surface area (Å²) >= 11 is 0. The van der Waals surface area contributed by atoms with Crippen LogP contribution in [0.25, 0.3) is 0 Å². The van der Waals surface area contributed by atoms with Gasteiger partial charge in [0.2, 0.25) is 5.91 Å². The second kappa shape index (κ2) is 7.21. The Labute approximate surface area is 130 Å². The van der Waals surface area contributed by atoms with Gasteiger partial charge in [0.1, 0.15) is 5.82 Å². The first kappa shape index (κ1) is 16.2. The number of furan rings is 1. The van der Waals surface area contributed by atoms with Crippen LogP contribution in [0.5, 0.6) is 0 Å². The Bertz CT molecular complexity index is 727. The number of esters is 1. The predicted octanol–water partition coefficient (Wildman–Crippen LogP) is 1.57. The third-order valence-electron chi connectivity index (χ3n) is 2.81. The molecule has 1 heterocycles. The smallest absolute Gasteiger partial charge is 0.340 e. The van der Waals surface area contributed by atoms with Crippen LogP contribution >= 0.6 is 0 Å². The lowest BCUT2D eigenvalue weighted by atomic mass is 10.2. The molecule has 0 radical (unpaired) electrons. The van der Waals surface area contributed by atoms with Crippen LogP contribution in [0.4, 0.5) is 10.1 Å². The Morgan fingerprint density at radius 3 is 2.70 bits per heavy atom. The lowest BCUT2D eigenvalue weighted by molar-refractivity contribution is -0.115. The molecule has 23 heavy (non-hydrogen) atoms. The van der Waals surface area contributed by atoms with Crippen molar-refractivity contribution in [1.29, 1.82) is 0 Å². The van der Waals surface area contributed by atoms with E-state index < -0.39 is 23.6 Å². The molecule has 0 aliphatic heterocycles. The molecule has 120 valence electrons. The van der Waals surface area contributed by atoms with E-state index >= 15 is 0 Å². The Balaban J connectivity index is 1.95. The second-order valence-electron chi connectivity index (χ2n) is 4.39. The van der Waals surface area contributed by atoms with Gasteiger partial charge in [0, 0.05) is 5.69 Å². The highest BCUT2D eigenvalue weighted by Gasteiger charge is 2.14. The highest BCUT2D eigenvalue weighted by atomic mass is 19.1. The fourth-order valence-electron chi connectivity index (χ4n) is 1.73. The van der Waals surface area contributed by atoms with Gasteiger partial charge >= 0.3 is 5.97 Å². The van der Waals surface area contributed by atoms with Crippen LogP contribution in [-0.4, -0.2) is 31.4 Å². The van der Waals surface area contributed by atoms with Crippen molar-refractivity contribution in [3.8, 4) is 0 Å². The van der Waals surface area contributed by atoms with Gasteiger partial charge < -0.3 is 19.8 Å². The number of hydrogen-bond acceptors (Lipinski definition) is 5. The fourth-order valence-corrected chi connectivity index (χ4v) is 1.73. The number of hydrogen-bond donors (Lipinski definition) is 2. The summed E-state index contributed by atoms with van der Waals surface area (Å²) in [5.41, 5.74) is -0.103. The quantitative estimate of drug-likeness (QED) is 0.815. The lowest BCUT2D eigenvalue weighted by Gasteiger charge is -2.08. The summed E-state index contributed by atoms with van der Waals surface area (Å²) < 4.78 is 22.8. The normalized spacial score (nSPS) is 10.0. The van der Waals surface area contributed by atoms with E-state index in [0.29, 0.717) is 0 Å². The zero-order chi connectivity index (χ0) is 16.8. The van der Waals surface area contributed by atoms with Crippen molar-refractivity contribution in [1.82, 2.24) is 5.32 Å².